The number of fused-ring (bicyclic) bond motifs is 5. The quantitative estimate of drug-likeness (QED) is 0.0606. The molecule has 0 unspecified atom stereocenters. The van der Waals surface area contributed by atoms with Gasteiger partial charge in [-0.3, -0.25) is 34.1 Å². The maximum absolute atomic E-state index is 10.0. The number of aromatic nitrogens is 4. The summed E-state index contributed by atoms with van der Waals surface area (Å²) in [6.07, 6.45) is 6.53. The summed E-state index contributed by atoms with van der Waals surface area (Å²) in [7, 11) is 0. The molecule has 0 aliphatic heterocycles. The summed E-state index contributed by atoms with van der Waals surface area (Å²) in [5.41, 5.74) is 14.9. The zero-order valence-corrected chi connectivity index (χ0v) is 72.4. The molecule has 4 aromatic heterocycles. The van der Waals surface area contributed by atoms with Crippen molar-refractivity contribution < 1.29 is 120 Å². The summed E-state index contributed by atoms with van der Waals surface area (Å²) in [5.74, 6) is -0.250. The first-order valence-electron chi connectivity index (χ1n) is 34.2. The molecular formula is C94H86Ir4N4O8-4. The van der Waals surface area contributed by atoms with Crippen LogP contribution >= 0.6 is 0 Å². The van der Waals surface area contributed by atoms with Gasteiger partial charge in [0.25, 0.3) is 0 Å². The third kappa shape index (κ3) is 32.0. The molecule has 0 amide bonds. The summed E-state index contributed by atoms with van der Waals surface area (Å²) in [6, 6.07) is 104. The molecule has 570 valence electrons. The van der Waals surface area contributed by atoms with Gasteiger partial charge in [0.05, 0.1) is 39.6 Å². The predicted octanol–water partition coefficient (Wildman–Crippen LogP) is 23.1. The number of hydrogen-bond acceptors (Lipinski definition) is 12. The maximum Gasteiger partial charge on any atom is 0.155 e. The molecule has 0 saturated carbocycles. The van der Waals surface area contributed by atoms with Crippen LogP contribution in [0.25, 0.3) is 110 Å². The SMILES string of the molecule is CC(=O)C=C(C)O.CC(=O)C=C(C)O.CC(=O)C=C(C)O.CC(=O)C=C(C)O.CC(C)(C)c1c[c-]c(-c2nccc3ccccc23)cc1.[Ir].[Ir].[Ir].[Ir].[c-]1cc(-c2ccccc2)ccc1-c1ccc2ccccc2n1.[c-]1cc2ccccc2cc1-c1ccc2ccccc2n1.[c-]1ccccc1-c1ccc2ccccc2n1. The molecule has 4 radical (unpaired) electrons. The van der Waals surface area contributed by atoms with Gasteiger partial charge in [0.2, 0.25) is 0 Å². The number of ketones is 4. The molecule has 0 fully saturated rings. The van der Waals surface area contributed by atoms with E-state index in [4.69, 9.17) is 30.4 Å². The number of allylic oxidation sites excluding steroid dienone is 8. The summed E-state index contributed by atoms with van der Waals surface area (Å²) >= 11 is 0. The summed E-state index contributed by atoms with van der Waals surface area (Å²) < 4.78 is 0. The van der Waals surface area contributed by atoms with E-state index >= 15 is 0 Å². The molecule has 0 atom stereocenters. The van der Waals surface area contributed by atoms with E-state index in [9.17, 15) is 19.2 Å². The topological polar surface area (TPSA) is 201 Å². The Hall–Kier alpha value is -10.5. The van der Waals surface area contributed by atoms with Crippen molar-refractivity contribution in [1.29, 1.82) is 0 Å². The largest absolute Gasteiger partial charge is 0.512 e. The Balaban J connectivity index is 0.000000338. The number of rotatable bonds is 9. The molecule has 10 aromatic carbocycles. The second kappa shape index (κ2) is 48.1. The Morgan fingerprint density at radius 2 is 0.709 bits per heavy atom. The van der Waals surface area contributed by atoms with Gasteiger partial charge in [-0.2, -0.15) is 0 Å². The first-order chi connectivity index (χ1) is 50.8. The minimum absolute atomic E-state index is 0. The van der Waals surface area contributed by atoms with Crippen molar-refractivity contribution in [1.82, 2.24) is 19.9 Å². The van der Waals surface area contributed by atoms with Crippen molar-refractivity contribution in [2.24, 2.45) is 0 Å². The number of benzene rings is 10. The van der Waals surface area contributed by atoms with E-state index in [2.05, 4.69) is 195 Å². The predicted molar refractivity (Wildman–Crippen MR) is 434 cm³/mol. The van der Waals surface area contributed by atoms with Crippen LogP contribution in [0.1, 0.15) is 81.7 Å². The second-order valence-corrected chi connectivity index (χ2v) is 25.5. The van der Waals surface area contributed by atoms with Gasteiger partial charge in [-0.15, -0.1) is 130 Å². The first kappa shape index (κ1) is 93.7. The van der Waals surface area contributed by atoms with E-state index in [-0.39, 0.29) is 132 Å². The smallest absolute Gasteiger partial charge is 0.155 e. The van der Waals surface area contributed by atoms with E-state index in [0.29, 0.717) is 0 Å². The Morgan fingerprint density at radius 3 is 1.11 bits per heavy atom. The molecule has 110 heavy (non-hydrogen) atoms. The summed E-state index contributed by atoms with van der Waals surface area (Å²) in [5, 5.41) is 41.8. The Morgan fingerprint density at radius 1 is 0.327 bits per heavy atom. The molecule has 0 bridgehead atoms. The van der Waals surface area contributed by atoms with Gasteiger partial charge in [-0.1, -0.05) is 207 Å². The fraction of sp³-hybridized carbons (Fsp3) is 0.128. The van der Waals surface area contributed by atoms with Crippen LogP contribution in [0.3, 0.4) is 0 Å². The van der Waals surface area contributed by atoms with Crippen molar-refractivity contribution in [3.05, 3.63) is 350 Å². The minimum atomic E-state index is -0.125. The molecule has 4 N–H and O–H groups in total. The summed E-state index contributed by atoms with van der Waals surface area (Å²) in [6.45, 7) is 18.0. The van der Waals surface area contributed by atoms with Crippen LogP contribution in [0.15, 0.2) is 320 Å². The van der Waals surface area contributed by atoms with Crippen molar-refractivity contribution >= 4 is 77.4 Å². The Bertz CT molecular complexity index is 5180. The van der Waals surface area contributed by atoms with Gasteiger partial charge < -0.3 is 25.4 Å². The zero-order valence-electron chi connectivity index (χ0n) is 62.8. The Labute approximate surface area is 699 Å². The van der Waals surface area contributed by atoms with Crippen LogP contribution in [0.5, 0.6) is 0 Å². The van der Waals surface area contributed by atoms with Crippen molar-refractivity contribution in [3.63, 3.8) is 0 Å². The fourth-order valence-corrected chi connectivity index (χ4v) is 10.4. The van der Waals surface area contributed by atoms with Crippen molar-refractivity contribution in [3.8, 4) is 56.2 Å². The van der Waals surface area contributed by atoms with Crippen LogP contribution in [0, 0.1) is 24.3 Å². The number of aliphatic hydroxyl groups is 4. The van der Waals surface area contributed by atoms with Crippen LogP contribution in [-0.2, 0) is 105 Å². The van der Waals surface area contributed by atoms with Crippen LogP contribution in [0.2, 0.25) is 0 Å². The third-order valence-electron chi connectivity index (χ3n) is 15.2. The first-order valence-corrected chi connectivity index (χ1v) is 34.2. The van der Waals surface area contributed by atoms with Crippen LogP contribution < -0.4 is 0 Å². The number of aliphatic hydroxyl groups excluding tert-OH is 4. The average molecular weight is 2170 g/mol. The van der Waals surface area contributed by atoms with Gasteiger partial charge in [0.15, 0.2) is 23.1 Å². The standard InChI is InChI=1S/C21H14N.C19H12N.C19H18N.C15H10N.4C5H8O2.4Ir/c1-2-6-16(7-3-1)17-10-12-19(13-11-17)21-15-14-18-8-4-5-9-20(18)22-21;1-2-7-16-13-17(10-9-14(16)5-1)19-12-11-15-6-3-4-8-18(15)20-19;1-19(2,3)16-10-8-15(9-11-16)18-17-7-5-4-6-14(17)12-13-20-18;1-2-6-12(7-3-1)15-11-10-13-8-4-5-9-14(13)16-15;4*1-4(6)3-5(2)7;;;;/h1-12,14-15H;1-9,11-13H;4-8,10-13H,1-3H3;1-6,8-11H;4*3,6H,1-2H3;;;;/q4*-1;;;;;;;;. The molecule has 0 aliphatic carbocycles. The molecule has 14 aromatic rings. The monoisotopic (exact) mass is 2170 g/mol. The van der Waals surface area contributed by atoms with Crippen molar-refractivity contribution in [2.75, 3.05) is 0 Å². The fourth-order valence-electron chi connectivity index (χ4n) is 10.4. The number of para-hydroxylation sites is 3. The molecule has 12 nitrogen and oxygen atoms in total. The zero-order chi connectivity index (χ0) is 76.5. The average Bonchev–Trinajstić information content (AvgIpc) is 0.807. The molecule has 0 spiro atoms. The van der Waals surface area contributed by atoms with E-state index < -0.39 is 0 Å². The van der Waals surface area contributed by atoms with E-state index in [0.717, 1.165) is 72.4 Å². The molecule has 0 aliphatic rings. The van der Waals surface area contributed by atoms with Gasteiger partial charge >= 0.3 is 0 Å². The molecule has 4 heterocycles. The van der Waals surface area contributed by atoms with Gasteiger partial charge in [-0.05, 0) is 135 Å². The molecule has 0 saturated heterocycles. The second-order valence-electron chi connectivity index (χ2n) is 25.5. The van der Waals surface area contributed by atoms with Crippen molar-refractivity contribution in [2.45, 2.75) is 81.6 Å². The number of carbonyl (C=O) groups excluding carboxylic acids is 4. The summed E-state index contributed by atoms with van der Waals surface area (Å²) in [4.78, 5) is 58.7. The number of pyridine rings is 4. The normalized spacial score (nSPS) is 10.7. The van der Waals surface area contributed by atoms with E-state index in [1.165, 1.54) is 123 Å². The molecular weight excluding hydrogens is 2080 g/mol. The Kier molecular flexibility index (Phi) is 41.0. The number of nitrogens with zero attached hydrogens (tertiary/aromatic N) is 4. The third-order valence-corrected chi connectivity index (χ3v) is 15.2. The number of hydrogen-bond donors (Lipinski definition) is 4. The van der Waals surface area contributed by atoms with Crippen LogP contribution in [-0.4, -0.2) is 63.5 Å². The molecule has 14 rings (SSSR count). The van der Waals surface area contributed by atoms with E-state index in [1.54, 1.807) is 0 Å². The number of carbonyl (C=O) groups is 4. The minimum Gasteiger partial charge on any atom is -0.512 e. The van der Waals surface area contributed by atoms with Crippen LogP contribution in [0.4, 0.5) is 0 Å². The van der Waals surface area contributed by atoms with Gasteiger partial charge in [0, 0.05) is 111 Å². The van der Waals surface area contributed by atoms with Gasteiger partial charge in [-0.25, -0.2) is 0 Å². The maximum atomic E-state index is 10.0. The van der Waals surface area contributed by atoms with Gasteiger partial charge in [0.1, 0.15) is 0 Å². The molecule has 16 heteroatoms. The van der Waals surface area contributed by atoms with E-state index in [1.807, 2.05) is 134 Å².